The lowest BCUT2D eigenvalue weighted by Gasteiger charge is -2.31. The molecule has 0 aliphatic carbocycles. The third kappa shape index (κ3) is 3.91. The van der Waals surface area contributed by atoms with E-state index in [-0.39, 0.29) is 24.3 Å². The summed E-state index contributed by atoms with van der Waals surface area (Å²) in [7, 11) is 0. The van der Waals surface area contributed by atoms with Gasteiger partial charge in [0.05, 0.1) is 6.54 Å². The number of fused-ring (bicyclic) bond motifs is 1. The highest BCUT2D eigenvalue weighted by Crippen LogP contribution is 2.27. The Morgan fingerprint density at radius 3 is 2.71 bits per heavy atom. The minimum atomic E-state index is -0.250. The lowest BCUT2D eigenvalue weighted by Crippen LogP contribution is -2.43. The number of nitrogens with one attached hydrogen (secondary N) is 1. The molecule has 3 aromatic rings. The second kappa shape index (κ2) is 8.10. The topological polar surface area (TPSA) is 79.6 Å². The molecule has 2 aromatic heterocycles. The van der Waals surface area contributed by atoms with E-state index in [1.54, 1.807) is 23.1 Å². The second-order valence-electron chi connectivity index (χ2n) is 6.84. The Morgan fingerprint density at radius 1 is 1.11 bits per heavy atom. The SMILES string of the molecule is O=C(NCC(=O)N1CCC(c2nnc3ccccn23)CC1)c1cccc(Br)c1. The third-order valence-corrected chi connectivity index (χ3v) is 5.53. The van der Waals surface area contributed by atoms with E-state index in [0.717, 1.165) is 28.8 Å². The van der Waals surface area contributed by atoms with E-state index in [2.05, 4.69) is 31.4 Å². The molecule has 4 rings (SSSR count). The molecule has 144 valence electrons. The van der Waals surface area contributed by atoms with Gasteiger partial charge in [-0.25, -0.2) is 0 Å². The van der Waals surface area contributed by atoms with Gasteiger partial charge in [-0.15, -0.1) is 10.2 Å². The maximum Gasteiger partial charge on any atom is 0.251 e. The molecule has 1 aliphatic rings. The monoisotopic (exact) mass is 441 g/mol. The zero-order chi connectivity index (χ0) is 19.5. The molecule has 3 heterocycles. The minimum absolute atomic E-state index is 0.00385. The van der Waals surface area contributed by atoms with Crippen LogP contribution in [0.5, 0.6) is 0 Å². The van der Waals surface area contributed by atoms with Crippen LogP contribution in [-0.4, -0.2) is 50.9 Å². The summed E-state index contributed by atoms with van der Waals surface area (Å²) < 4.78 is 2.84. The maximum atomic E-state index is 12.5. The van der Waals surface area contributed by atoms with Gasteiger partial charge >= 0.3 is 0 Å². The zero-order valence-corrected chi connectivity index (χ0v) is 16.8. The van der Waals surface area contributed by atoms with Gasteiger partial charge in [-0.05, 0) is 43.2 Å². The van der Waals surface area contributed by atoms with Crippen molar-refractivity contribution in [3.8, 4) is 0 Å². The molecule has 0 radical (unpaired) electrons. The van der Waals surface area contributed by atoms with E-state index in [1.165, 1.54) is 0 Å². The first-order chi connectivity index (χ1) is 13.6. The maximum absolute atomic E-state index is 12.5. The summed E-state index contributed by atoms with van der Waals surface area (Å²) in [6, 6.07) is 12.9. The summed E-state index contributed by atoms with van der Waals surface area (Å²) in [5, 5.41) is 11.3. The number of rotatable bonds is 4. The summed E-state index contributed by atoms with van der Waals surface area (Å²) >= 11 is 3.34. The van der Waals surface area contributed by atoms with Crippen molar-refractivity contribution in [2.24, 2.45) is 0 Å². The minimum Gasteiger partial charge on any atom is -0.343 e. The number of benzene rings is 1. The number of likely N-dealkylation sites (tertiary alicyclic amines) is 1. The number of piperidine rings is 1. The molecule has 1 N–H and O–H groups in total. The van der Waals surface area contributed by atoms with Gasteiger partial charge < -0.3 is 10.2 Å². The van der Waals surface area contributed by atoms with E-state index < -0.39 is 0 Å². The van der Waals surface area contributed by atoms with Crippen molar-refractivity contribution in [2.75, 3.05) is 19.6 Å². The molecule has 0 saturated carbocycles. The van der Waals surface area contributed by atoms with E-state index >= 15 is 0 Å². The van der Waals surface area contributed by atoms with Gasteiger partial charge in [-0.3, -0.25) is 14.0 Å². The Kier molecular flexibility index (Phi) is 5.38. The molecule has 0 bridgehead atoms. The zero-order valence-electron chi connectivity index (χ0n) is 15.2. The Bertz CT molecular complexity index is 1010. The van der Waals surface area contributed by atoms with Gasteiger partial charge in [0.15, 0.2) is 5.65 Å². The number of nitrogens with zero attached hydrogens (tertiary/aromatic N) is 4. The Morgan fingerprint density at radius 2 is 1.93 bits per heavy atom. The van der Waals surface area contributed by atoms with Crippen molar-refractivity contribution in [2.45, 2.75) is 18.8 Å². The first kappa shape index (κ1) is 18.6. The largest absolute Gasteiger partial charge is 0.343 e. The Hall–Kier alpha value is -2.74. The molecule has 1 fully saturated rings. The summed E-state index contributed by atoms with van der Waals surface area (Å²) in [5.74, 6) is 0.913. The highest BCUT2D eigenvalue weighted by atomic mass is 79.9. The van der Waals surface area contributed by atoms with Crippen LogP contribution in [0.2, 0.25) is 0 Å². The highest BCUT2D eigenvalue weighted by molar-refractivity contribution is 9.10. The van der Waals surface area contributed by atoms with Crippen LogP contribution in [-0.2, 0) is 4.79 Å². The number of carbonyl (C=O) groups excluding carboxylic acids is 2. The summed E-state index contributed by atoms with van der Waals surface area (Å²) in [6.07, 6.45) is 3.64. The van der Waals surface area contributed by atoms with Crippen LogP contribution >= 0.6 is 15.9 Å². The quantitative estimate of drug-likeness (QED) is 0.674. The normalized spacial score (nSPS) is 15.0. The Balaban J connectivity index is 1.31. The molecule has 1 aliphatic heterocycles. The molecule has 0 unspecified atom stereocenters. The van der Waals surface area contributed by atoms with Gasteiger partial charge in [0.25, 0.3) is 5.91 Å². The molecular weight excluding hydrogens is 422 g/mol. The van der Waals surface area contributed by atoms with E-state index in [4.69, 9.17) is 0 Å². The average molecular weight is 442 g/mol. The number of aromatic nitrogens is 3. The van der Waals surface area contributed by atoms with Crippen molar-refractivity contribution in [1.29, 1.82) is 0 Å². The highest BCUT2D eigenvalue weighted by Gasteiger charge is 2.26. The number of hydrogen-bond donors (Lipinski definition) is 1. The smallest absolute Gasteiger partial charge is 0.251 e. The van der Waals surface area contributed by atoms with Crippen molar-refractivity contribution in [3.63, 3.8) is 0 Å². The van der Waals surface area contributed by atoms with Crippen LogP contribution < -0.4 is 5.32 Å². The van der Waals surface area contributed by atoms with E-state index in [1.807, 2.05) is 34.9 Å². The van der Waals surface area contributed by atoms with Crippen molar-refractivity contribution in [3.05, 3.63) is 64.5 Å². The van der Waals surface area contributed by atoms with E-state index in [9.17, 15) is 9.59 Å². The number of halogens is 1. The van der Waals surface area contributed by atoms with Crippen LogP contribution in [0.1, 0.15) is 34.9 Å². The predicted molar refractivity (Wildman–Crippen MR) is 108 cm³/mol. The first-order valence-corrected chi connectivity index (χ1v) is 10.0. The average Bonchev–Trinajstić information content (AvgIpc) is 3.16. The van der Waals surface area contributed by atoms with E-state index in [0.29, 0.717) is 18.7 Å². The molecular formula is C20H20BrN5O2. The number of amides is 2. The van der Waals surface area contributed by atoms with Gasteiger partial charge in [-0.1, -0.05) is 28.1 Å². The second-order valence-corrected chi connectivity index (χ2v) is 7.75. The van der Waals surface area contributed by atoms with Crippen LogP contribution in [0.4, 0.5) is 0 Å². The fraction of sp³-hybridized carbons (Fsp3) is 0.300. The summed E-state index contributed by atoms with van der Waals surface area (Å²) in [4.78, 5) is 26.5. The predicted octanol–water partition coefficient (Wildman–Crippen LogP) is 2.63. The molecule has 0 atom stereocenters. The van der Waals surface area contributed by atoms with Gasteiger partial charge in [-0.2, -0.15) is 0 Å². The summed E-state index contributed by atoms with van der Waals surface area (Å²) in [5.41, 5.74) is 1.37. The van der Waals surface area contributed by atoms with Crippen LogP contribution in [0.25, 0.3) is 5.65 Å². The number of carbonyl (C=O) groups is 2. The molecule has 7 nitrogen and oxygen atoms in total. The summed E-state index contributed by atoms with van der Waals surface area (Å²) in [6.45, 7) is 1.31. The number of hydrogen-bond acceptors (Lipinski definition) is 4. The Labute approximate surface area is 170 Å². The first-order valence-electron chi connectivity index (χ1n) is 9.23. The van der Waals surface area contributed by atoms with Gasteiger partial charge in [0.2, 0.25) is 5.91 Å². The molecule has 8 heteroatoms. The van der Waals surface area contributed by atoms with Crippen molar-refractivity contribution >= 4 is 33.4 Å². The molecule has 0 spiro atoms. The van der Waals surface area contributed by atoms with Crippen molar-refractivity contribution in [1.82, 2.24) is 24.8 Å². The van der Waals surface area contributed by atoms with Crippen LogP contribution in [0, 0.1) is 0 Å². The van der Waals surface area contributed by atoms with Crippen LogP contribution in [0.3, 0.4) is 0 Å². The fourth-order valence-electron chi connectivity index (χ4n) is 3.52. The van der Waals surface area contributed by atoms with Gasteiger partial charge in [0, 0.05) is 35.2 Å². The van der Waals surface area contributed by atoms with Crippen LogP contribution in [0.15, 0.2) is 53.1 Å². The third-order valence-electron chi connectivity index (χ3n) is 5.04. The molecule has 28 heavy (non-hydrogen) atoms. The molecule has 1 saturated heterocycles. The molecule has 2 amide bonds. The number of pyridine rings is 1. The molecule has 1 aromatic carbocycles. The lowest BCUT2D eigenvalue weighted by atomic mass is 9.96. The fourth-order valence-corrected chi connectivity index (χ4v) is 3.92. The van der Waals surface area contributed by atoms with Crippen molar-refractivity contribution < 1.29 is 9.59 Å². The van der Waals surface area contributed by atoms with Gasteiger partial charge in [0.1, 0.15) is 5.82 Å². The lowest BCUT2D eigenvalue weighted by molar-refractivity contribution is -0.131. The standard InChI is InChI=1S/C20H20BrN5O2/c21-16-5-3-4-15(12-16)20(28)22-13-18(27)25-10-7-14(8-11-25)19-24-23-17-6-1-2-9-26(17)19/h1-6,9,12,14H,7-8,10-11,13H2,(H,22,28).